The maximum Gasteiger partial charge on any atom is 0.315 e. The van der Waals surface area contributed by atoms with Gasteiger partial charge in [0.25, 0.3) is 0 Å². The van der Waals surface area contributed by atoms with Crippen LogP contribution in [0.15, 0.2) is 95.9 Å². The third-order valence-electron chi connectivity index (χ3n) is 13.2. The lowest BCUT2D eigenvalue weighted by Crippen LogP contribution is -2.53. The summed E-state index contributed by atoms with van der Waals surface area (Å²) in [5.74, 6) is 0.665. The Balaban J connectivity index is 0.000000532. The number of carbonyl (C=O) groups is 6. The van der Waals surface area contributed by atoms with Gasteiger partial charge in [-0.05, 0) is 121 Å². The van der Waals surface area contributed by atoms with E-state index in [1.165, 1.54) is 12.1 Å². The number of carbonyl (C=O) groups excluding carboxylic acids is 6. The number of hydrogen-bond acceptors (Lipinski definition) is 14. The number of nitrogens with two attached hydrogens (primary N) is 9. The maximum absolute atomic E-state index is 12.7. The molecule has 35 nitrogen and oxygen atoms in total. The van der Waals surface area contributed by atoms with Crippen molar-refractivity contribution in [3.63, 3.8) is 0 Å². The number of phenolic OH excluding ortho intramolecular Hbond substituents is 1. The van der Waals surface area contributed by atoms with Gasteiger partial charge in [0.15, 0.2) is 34.4 Å². The fourth-order valence-corrected chi connectivity index (χ4v) is 8.90. The first kappa shape index (κ1) is 80.4. The van der Waals surface area contributed by atoms with Crippen LogP contribution >= 0.6 is 12.2 Å². The van der Waals surface area contributed by atoms with Crippen molar-refractivity contribution < 1.29 is 38.3 Å². The molecule has 12 amide bonds. The van der Waals surface area contributed by atoms with E-state index in [1.807, 2.05) is 50.2 Å². The second-order valence-corrected chi connectivity index (χ2v) is 22.1. The van der Waals surface area contributed by atoms with E-state index in [2.05, 4.69) is 89.1 Å². The summed E-state index contributed by atoms with van der Waals surface area (Å²) in [6, 6.07) is 15.4. The van der Waals surface area contributed by atoms with E-state index in [0.29, 0.717) is 101 Å². The van der Waals surface area contributed by atoms with Crippen molar-refractivity contribution in [3.8, 4) is 28.2 Å². The second kappa shape index (κ2) is 45.6. The highest BCUT2D eigenvalue weighted by atomic mass is 32.1. The van der Waals surface area contributed by atoms with Crippen molar-refractivity contribution in [1.82, 2.24) is 69.1 Å². The number of nitrogens with one attached hydrogen (secondary N) is 13. The largest absolute Gasteiger partial charge is 0.508 e. The first-order valence-electron chi connectivity index (χ1n) is 30.9. The molecule has 0 bridgehead atoms. The predicted molar refractivity (Wildman–Crippen MR) is 376 cm³/mol. The lowest BCUT2D eigenvalue weighted by atomic mass is 9.94. The van der Waals surface area contributed by atoms with Gasteiger partial charge in [-0.25, -0.2) is 28.8 Å². The van der Waals surface area contributed by atoms with Crippen LogP contribution in [-0.2, 0) is 0 Å². The number of aromatic hydroxyl groups is 1. The van der Waals surface area contributed by atoms with Gasteiger partial charge in [-0.15, -0.1) is 0 Å². The number of amides is 12. The van der Waals surface area contributed by atoms with Crippen molar-refractivity contribution in [2.75, 3.05) is 72.5 Å². The van der Waals surface area contributed by atoms with E-state index < -0.39 is 36.2 Å². The smallest absolute Gasteiger partial charge is 0.315 e. The molecule has 1 aliphatic carbocycles. The highest BCUT2D eigenvalue weighted by Gasteiger charge is 2.20. The van der Waals surface area contributed by atoms with Crippen LogP contribution in [0.5, 0.6) is 5.75 Å². The molecule has 0 radical (unpaired) electrons. The number of fused-ring (bicyclic) bond motifs is 2. The summed E-state index contributed by atoms with van der Waals surface area (Å²) >= 11 is 5.19. The van der Waals surface area contributed by atoms with E-state index >= 15 is 0 Å². The molecule has 0 saturated carbocycles. The third-order valence-corrected chi connectivity index (χ3v) is 13.5. The fourth-order valence-electron chi connectivity index (χ4n) is 8.73. The van der Waals surface area contributed by atoms with E-state index in [4.69, 9.17) is 68.2 Å². The highest BCUT2D eigenvalue weighted by Crippen LogP contribution is 2.40. The molecule has 0 spiro atoms. The molecule has 2 aromatic rings. The van der Waals surface area contributed by atoms with E-state index in [9.17, 15) is 38.7 Å². The van der Waals surface area contributed by atoms with Crippen LogP contribution in [0.3, 0.4) is 0 Å². The number of hydrogen-bond donors (Lipinski definition) is 23. The summed E-state index contributed by atoms with van der Waals surface area (Å²) in [6.45, 7) is 10.4. The molecule has 2 aromatic carbocycles. The number of urea groups is 6. The number of aliphatic imine (C=N–C) groups is 4. The van der Waals surface area contributed by atoms with Gasteiger partial charge in [0.2, 0.25) is 0 Å². The van der Waals surface area contributed by atoms with Crippen LogP contribution in [-0.4, -0.2) is 179 Å². The molecule has 0 saturated heterocycles. The maximum atomic E-state index is 12.7. The molecule has 4 rings (SSSR count). The Kier molecular flexibility index (Phi) is 38.6. The van der Waals surface area contributed by atoms with Gasteiger partial charge < -0.3 is 130 Å². The summed E-state index contributed by atoms with van der Waals surface area (Å²) in [5.41, 5.74) is 51.1. The molecule has 36 heteroatoms. The highest BCUT2D eigenvalue weighted by molar-refractivity contribution is 7.80. The topological polar surface area (TPSA) is 593 Å². The SMILES string of the molecule is CCNC(=O)N[C@@H](C)CNC(=O)N[C@@H](CCCN=C(N)N)CNC(N)=O.CNC(=S)N[C@@H](CCCN=C(N)N)CNC(=O)N[C@@H](C)CNC(=O)N[C@@H](CCCN=C(N)N)CNC(=O)N[C@H](C)CCCN=C(N)N.O=c1ccc2c(-c3ccccc3)c3ccc(O)cc3oc-2c1. The minimum atomic E-state index is -0.679. The van der Waals surface area contributed by atoms with Gasteiger partial charge in [-0.2, -0.15) is 0 Å². The van der Waals surface area contributed by atoms with Gasteiger partial charge >= 0.3 is 36.2 Å². The second-order valence-electron chi connectivity index (χ2n) is 21.7. The average Bonchev–Trinajstić information content (AvgIpc) is 0.763. The van der Waals surface area contributed by atoms with Crippen LogP contribution in [0.1, 0.15) is 79.1 Å². The summed E-state index contributed by atoms with van der Waals surface area (Å²) in [6.07, 6.45) is 4.92. The number of primary amides is 1. The molecule has 2 aliphatic rings. The van der Waals surface area contributed by atoms with Crippen LogP contribution < -0.4 is 126 Å². The molecule has 0 fully saturated rings. The molecule has 1 aliphatic heterocycles. The zero-order valence-electron chi connectivity index (χ0n) is 54.6. The molecule has 32 N–H and O–H groups in total. The summed E-state index contributed by atoms with van der Waals surface area (Å²) in [7, 11) is 1.70. The minimum Gasteiger partial charge on any atom is -0.508 e. The Bertz CT molecular complexity index is 3160. The molecule has 526 valence electrons. The number of rotatable bonds is 34. The lowest BCUT2D eigenvalue weighted by molar-refractivity contribution is 0.227. The number of nitrogens with zero attached hydrogens (tertiary/aromatic N) is 4. The molecular weight excluding hydrogens is 1250 g/mol. The fraction of sp³-hybridized carbons (Fsp3) is 0.492. The zero-order chi connectivity index (χ0) is 70.7. The first-order valence-corrected chi connectivity index (χ1v) is 31.3. The Morgan fingerprint density at radius 2 is 0.926 bits per heavy atom. The summed E-state index contributed by atoms with van der Waals surface area (Å²) in [4.78, 5) is 99.2. The third kappa shape index (κ3) is 37.4. The van der Waals surface area contributed by atoms with Gasteiger partial charge in [-0.3, -0.25) is 24.8 Å². The van der Waals surface area contributed by atoms with Gasteiger partial charge in [0.1, 0.15) is 17.1 Å². The molecular formula is C59H100N26O9S. The van der Waals surface area contributed by atoms with Crippen LogP contribution in [0.2, 0.25) is 0 Å². The van der Waals surface area contributed by atoms with Crippen molar-refractivity contribution in [1.29, 1.82) is 0 Å². The number of thiocarbonyl (C=S) groups is 1. The quantitative estimate of drug-likeness (QED) is 0.00877. The Labute approximate surface area is 558 Å². The minimum absolute atomic E-state index is 0.00360. The molecule has 1 heterocycles. The van der Waals surface area contributed by atoms with E-state index in [1.54, 1.807) is 39.1 Å². The summed E-state index contributed by atoms with van der Waals surface area (Å²) < 4.78 is 5.81. The first-order chi connectivity index (χ1) is 45.2. The lowest BCUT2D eigenvalue weighted by Gasteiger charge is -2.23. The van der Waals surface area contributed by atoms with Gasteiger partial charge in [0.05, 0.1) is 0 Å². The Hall–Kier alpha value is -10.7. The van der Waals surface area contributed by atoms with Crippen molar-refractivity contribution >= 4 is 88.3 Å². The predicted octanol–water partition coefficient (Wildman–Crippen LogP) is -0.993. The van der Waals surface area contributed by atoms with E-state index in [-0.39, 0.29) is 104 Å². The molecule has 0 aromatic heterocycles. The Morgan fingerprint density at radius 3 is 1.38 bits per heavy atom. The van der Waals surface area contributed by atoms with Crippen LogP contribution in [0, 0.1) is 0 Å². The molecule has 95 heavy (non-hydrogen) atoms. The normalized spacial score (nSPS) is 12.3. The van der Waals surface area contributed by atoms with Crippen LogP contribution in [0.4, 0.5) is 28.8 Å². The monoisotopic (exact) mass is 1350 g/mol. The standard InChI is InChI=1S/C26H57N17O3S.C19H12O3.C14H31N9O3/c1-16(7-4-10-34-20(27)28)40-23(44)38-14-18(8-5-11-35-21(29)30)42-25(46)37-13-17(2)41-24(45)39-15-19(43-26(47)33-3)9-6-12-36-22(31)32;20-13-6-8-15-17(10-13)22-18-11-14(21)7-9-16(18)19(15)12-4-2-1-3-5-12;1-3-18-13(25)22-9(2)7-21-14(26)23-10(8-20-12(17)24)5-4-6-19-11(15)16/h16-19H,4-15H2,1-3H3,(H4,27,28,34)(H4,29,30,35)(H4,31,32,36)(H2,33,43,47)(H2,37,42,46)(H2,38,40,44)(H2,39,41,45);1-11,20H;9-10H,3-8H2,1-2H3,(H4,15,16,19)(H3,17,20,24)(H2,18,22,25)(H2,21,23,26)/t16-,17+,18+,19+;;9-,10-/m1.0/s1. The van der Waals surface area contributed by atoms with Crippen molar-refractivity contribution in [2.45, 2.75) is 115 Å². The number of phenols is 1. The van der Waals surface area contributed by atoms with E-state index in [0.717, 1.165) is 22.1 Å². The molecule has 6 atom stereocenters. The van der Waals surface area contributed by atoms with Crippen molar-refractivity contribution in [3.05, 3.63) is 77.0 Å². The number of guanidine groups is 4. The molecule has 0 unspecified atom stereocenters. The number of benzene rings is 3. The summed E-state index contributed by atoms with van der Waals surface area (Å²) in [5, 5.41) is 46.9. The average molecular weight is 1350 g/mol. The van der Waals surface area contributed by atoms with Gasteiger partial charge in [0, 0.05) is 137 Å². The van der Waals surface area contributed by atoms with Gasteiger partial charge in [-0.1, -0.05) is 30.3 Å². The zero-order valence-corrected chi connectivity index (χ0v) is 55.5. The van der Waals surface area contributed by atoms with Crippen LogP contribution in [0.25, 0.3) is 33.4 Å². The Morgan fingerprint density at radius 1 is 0.505 bits per heavy atom. The van der Waals surface area contributed by atoms with Crippen molar-refractivity contribution in [2.24, 2.45) is 71.6 Å².